The highest BCUT2D eigenvalue weighted by atomic mass is 79.9. The maximum absolute atomic E-state index is 6.02. The van der Waals surface area contributed by atoms with Crippen LogP contribution >= 0.6 is 27.5 Å². The molecule has 0 fully saturated rings. The maximum atomic E-state index is 6.02. The van der Waals surface area contributed by atoms with Crippen LogP contribution in [0, 0.1) is 0 Å². The quantitative estimate of drug-likeness (QED) is 0.819. The van der Waals surface area contributed by atoms with Crippen LogP contribution in [0.3, 0.4) is 0 Å². The zero-order chi connectivity index (χ0) is 14.5. The molecule has 0 saturated carbocycles. The number of nitrogens with one attached hydrogen (secondary N) is 1. The molecule has 106 valence electrons. The average Bonchev–Trinajstić information content (AvgIpc) is 2.48. The van der Waals surface area contributed by atoms with Gasteiger partial charge in [-0.2, -0.15) is 0 Å². The normalized spacial score (nSPS) is 12.2. The first-order chi connectivity index (χ1) is 9.60. The van der Waals surface area contributed by atoms with E-state index in [1.165, 1.54) is 5.56 Å². The number of halogens is 2. The lowest BCUT2D eigenvalue weighted by Gasteiger charge is -2.15. The van der Waals surface area contributed by atoms with Crippen molar-refractivity contribution in [3.8, 4) is 5.75 Å². The van der Waals surface area contributed by atoms with Gasteiger partial charge in [-0.15, -0.1) is 0 Å². The molecule has 0 aliphatic carbocycles. The molecule has 2 nitrogen and oxygen atoms in total. The molecule has 4 heteroatoms. The minimum Gasteiger partial charge on any atom is -0.497 e. The maximum Gasteiger partial charge on any atom is 0.118 e. The molecule has 1 N–H and O–H groups in total. The summed E-state index contributed by atoms with van der Waals surface area (Å²) >= 11 is 9.56. The highest BCUT2D eigenvalue weighted by Gasteiger charge is 2.07. The van der Waals surface area contributed by atoms with Gasteiger partial charge in [0.1, 0.15) is 5.75 Å². The van der Waals surface area contributed by atoms with E-state index >= 15 is 0 Å². The Morgan fingerprint density at radius 1 is 1.20 bits per heavy atom. The van der Waals surface area contributed by atoms with Gasteiger partial charge in [-0.25, -0.2) is 0 Å². The smallest absolute Gasteiger partial charge is 0.118 e. The van der Waals surface area contributed by atoms with E-state index < -0.39 is 0 Å². The molecule has 0 unspecified atom stereocenters. The number of hydrogen-bond acceptors (Lipinski definition) is 2. The van der Waals surface area contributed by atoms with Crippen LogP contribution in [0.1, 0.15) is 24.1 Å². The van der Waals surface area contributed by atoms with Crippen molar-refractivity contribution in [2.45, 2.75) is 19.5 Å². The summed E-state index contributed by atoms with van der Waals surface area (Å²) in [7, 11) is 1.67. The van der Waals surface area contributed by atoms with E-state index in [9.17, 15) is 0 Å². The molecule has 0 saturated heterocycles. The van der Waals surface area contributed by atoms with Gasteiger partial charge < -0.3 is 10.1 Å². The standard InChI is InChI=1S/C16H17BrClNO/c1-11(12-3-6-15(20-2)7-4-12)19-10-13-9-14(18)5-8-16(13)17/h3-9,11,19H,10H2,1-2H3/t11-/m1/s1. The van der Waals surface area contributed by atoms with Crippen LogP contribution in [0.15, 0.2) is 46.9 Å². The first-order valence-electron chi connectivity index (χ1n) is 6.41. The first kappa shape index (κ1) is 15.4. The van der Waals surface area contributed by atoms with Gasteiger partial charge in [-0.1, -0.05) is 39.7 Å². The highest BCUT2D eigenvalue weighted by Crippen LogP contribution is 2.22. The molecule has 2 rings (SSSR count). The van der Waals surface area contributed by atoms with Gasteiger partial charge in [0, 0.05) is 22.1 Å². The third-order valence-corrected chi connectivity index (χ3v) is 4.23. The number of benzene rings is 2. The summed E-state index contributed by atoms with van der Waals surface area (Å²) in [5, 5.41) is 4.24. The Morgan fingerprint density at radius 2 is 1.90 bits per heavy atom. The monoisotopic (exact) mass is 353 g/mol. The van der Waals surface area contributed by atoms with Crippen LogP contribution in [0.2, 0.25) is 5.02 Å². The number of ether oxygens (including phenoxy) is 1. The Bertz CT molecular complexity index is 571. The van der Waals surface area contributed by atoms with E-state index in [1.807, 2.05) is 30.3 Å². The molecule has 0 radical (unpaired) electrons. The zero-order valence-corrected chi connectivity index (χ0v) is 13.8. The fourth-order valence-corrected chi connectivity index (χ4v) is 2.53. The van der Waals surface area contributed by atoms with E-state index in [1.54, 1.807) is 7.11 Å². The molecular weight excluding hydrogens is 338 g/mol. The molecular formula is C16H17BrClNO. The third kappa shape index (κ3) is 3.98. The fraction of sp³-hybridized carbons (Fsp3) is 0.250. The topological polar surface area (TPSA) is 21.3 Å². The van der Waals surface area contributed by atoms with E-state index in [4.69, 9.17) is 16.3 Å². The predicted molar refractivity (Wildman–Crippen MR) is 87.4 cm³/mol. The van der Waals surface area contributed by atoms with Crippen molar-refractivity contribution < 1.29 is 4.74 Å². The van der Waals surface area contributed by atoms with Crippen LogP contribution in [0.25, 0.3) is 0 Å². The SMILES string of the molecule is COc1ccc([C@@H](C)NCc2cc(Cl)ccc2Br)cc1. The number of hydrogen-bond donors (Lipinski definition) is 1. The first-order valence-corrected chi connectivity index (χ1v) is 7.58. The summed E-state index contributed by atoms with van der Waals surface area (Å²) in [5.74, 6) is 0.874. The second-order valence-electron chi connectivity index (χ2n) is 4.61. The Hall–Kier alpha value is -1.03. The van der Waals surface area contributed by atoms with Gasteiger partial charge in [-0.05, 0) is 48.4 Å². The largest absolute Gasteiger partial charge is 0.497 e. The van der Waals surface area contributed by atoms with E-state index in [-0.39, 0.29) is 6.04 Å². The van der Waals surface area contributed by atoms with Crippen LogP contribution in [-0.4, -0.2) is 7.11 Å². The van der Waals surface area contributed by atoms with Crippen molar-refractivity contribution in [3.63, 3.8) is 0 Å². The summed E-state index contributed by atoms with van der Waals surface area (Å²) < 4.78 is 6.23. The molecule has 0 aliphatic heterocycles. The summed E-state index contributed by atoms with van der Waals surface area (Å²) in [6.07, 6.45) is 0. The van der Waals surface area contributed by atoms with Crippen molar-refractivity contribution in [1.29, 1.82) is 0 Å². The van der Waals surface area contributed by atoms with Crippen molar-refractivity contribution in [2.24, 2.45) is 0 Å². The Balaban J connectivity index is 2.00. The van der Waals surface area contributed by atoms with Gasteiger partial charge in [0.15, 0.2) is 0 Å². The van der Waals surface area contributed by atoms with Crippen molar-refractivity contribution in [1.82, 2.24) is 5.32 Å². The molecule has 0 aliphatic rings. The Kier molecular flexibility index (Phi) is 5.46. The molecule has 2 aromatic rings. The number of methoxy groups -OCH3 is 1. The lowest BCUT2D eigenvalue weighted by atomic mass is 10.1. The van der Waals surface area contributed by atoms with Crippen molar-refractivity contribution >= 4 is 27.5 Å². The van der Waals surface area contributed by atoms with Crippen LogP contribution in [-0.2, 0) is 6.54 Å². The Morgan fingerprint density at radius 3 is 2.55 bits per heavy atom. The predicted octanol–water partition coefficient (Wildman–Crippen LogP) is 4.96. The average molecular weight is 355 g/mol. The lowest BCUT2D eigenvalue weighted by molar-refractivity contribution is 0.414. The summed E-state index contributed by atoms with van der Waals surface area (Å²) in [6, 6.07) is 14.2. The second kappa shape index (κ2) is 7.11. The second-order valence-corrected chi connectivity index (χ2v) is 5.90. The zero-order valence-electron chi connectivity index (χ0n) is 11.5. The molecule has 0 heterocycles. The molecule has 2 aromatic carbocycles. The minimum absolute atomic E-state index is 0.256. The molecule has 0 spiro atoms. The summed E-state index contributed by atoms with van der Waals surface area (Å²) in [5.41, 5.74) is 2.38. The number of rotatable bonds is 5. The van der Waals surface area contributed by atoms with Gasteiger partial charge >= 0.3 is 0 Å². The van der Waals surface area contributed by atoms with Gasteiger partial charge in [-0.3, -0.25) is 0 Å². The fourth-order valence-electron chi connectivity index (χ4n) is 1.95. The van der Waals surface area contributed by atoms with Crippen LogP contribution < -0.4 is 10.1 Å². The van der Waals surface area contributed by atoms with Gasteiger partial charge in [0.25, 0.3) is 0 Å². The molecule has 0 amide bonds. The van der Waals surface area contributed by atoms with Gasteiger partial charge in [0.2, 0.25) is 0 Å². The van der Waals surface area contributed by atoms with E-state index in [2.05, 4.69) is 40.3 Å². The van der Waals surface area contributed by atoms with Crippen LogP contribution in [0.5, 0.6) is 5.75 Å². The molecule has 20 heavy (non-hydrogen) atoms. The minimum atomic E-state index is 0.256. The van der Waals surface area contributed by atoms with Gasteiger partial charge in [0.05, 0.1) is 7.11 Å². The van der Waals surface area contributed by atoms with Crippen molar-refractivity contribution in [3.05, 3.63) is 63.1 Å². The molecule has 0 aromatic heterocycles. The third-order valence-electron chi connectivity index (χ3n) is 3.22. The Labute approximate surface area is 133 Å². The summed E-state index contributed by atoms with van der Waals surface area (Å²) in [6.45, 7) is 2.90. The van der Waals surface area contributed by atoms with Crippen LogP contribution in [0.4, 0.5) is 0 Å². The highest BCUT2D eigenvalue weighted by molar-refractivity contribution is 9.10. The van der Waals surface area contributed by atoms with E-state index in [0.717, 1.165) is 27.4 Å². The van der Waals surface area contributed by atoms with E-state index in [0.29, 0.717) is 0 Å². The lowest BCUT2D eigenvalue weighted by Crippen LogP contribution is -2.18. The molecule has 0 bridgehead atoms. The van der Waals surface area contributed by atoms with Crippen molar-refractivity contribution in [2.75, 3.05) is 7.11 Å². The summed E-state index contributed by atoms with van der Waals surface area (Å²) in [4.78, 5) is 0. The molecule has 1 atom stereocenters.